The van der Waals surface area contributed by atoms with Crippen LogP contribution < -0.4 is 10.6 Å². The third kappa shape index (κ3) is 5.33. The maximum atomic E-state index is 12.5. The summed E-state index contributed by atoms with van der Waals surface area (Å²) in [6.07, 6.45) is 5.29. The molecule has 0 saturated heterocycles. The van der Waals surface area contributed by atoms with Gasteiger partial charge in [-0.1, -0.05) is 49.9 Å². The first-order valence-electron chi connectivity index (χ1n) is 8.22. The fourth-order valence-corrected chi connectivity index (χ4v) is 3.75. The van der Waals surface area contributed by atoms with Gasteiger partial charge in [0, 0.05) is 7.05 Å². The second kappa shape index (κ2) is 8.82. The smallest absolute Gasteiger partial charge is 0.321 e. The van der Waals surface area contributed by atoms with Gasteiger partial charge in [-0.15, -0.1) is 0 Å². The molecule has 1 aromatic carbocycles. The molecule has 1 aromatic rings. The molecule has 0 heterocycles. The van der Waals surface area contributed by atoms with Gasteiger partial charge in [0.05, 0.1) is 11.7 Å². The van der Waals surface area contributed by atoms with Crippen LogP contribution in [-0.2, 0) is 21.3 Å². The fraction of sp³-hybridized carbons (Fsp3) is 0.529. The van der Waals surface area contributed by atoms with Crippen LogP contribution in [0, 0.1) is 5.92 Å². The summed E-state index contributed by atoms with van der Waals surface area (Å²) < 4.78 is 21.6. The van der Waals surface area contributed by atoms with Gasteiger partial charge in [-0.2, -0.15) is 0 Å². The van der Waals surface area contributed by atoms with Gasteiger partial charge < -0.3 is 5.32 Å². The van der Waals surface area contributed by atoms with E-state index in [0.717, 1.165) is 18.4 Å². The van der Waals surface area contributed by atoms with Crippen LogP contribution in [0.5, 0.6) is 0 Å². The zero-order chi connectivity index (χ0) is 17.5. The van der Waals surface area contributed by atoms with E-state index < -0.39 is 22.7 Å². The molecule has 6 nitrogen and oxygen atoms in total. The SMILES string of the molecule is CNC(=O)NC(=O)C(CC1CCCC1)c1ccc(C[SH](=O)=O)cc1. The average molecular weight is 352 g/mol. The minimum atomic E-state index is -2.47. The number of imide groups is 1. The number of hydrogen-bond donors (Lipinski definition) is 3. The first kappa shape index (κ1) is 18.4. The predicted octanol–water partition coefficient (Wildman–Crippen LogP) is 1.92. The maximum absolute atomic E-state index is 12.5. The Kier molecular flexibility index (Phi) is 6.78. The molecular weight excluding hydrogens is 328 g/mol. The van der Waals surface area contributed by atoms with Gasteiger partial charge in [-0.25, -0.2) is 13.2 Å². The lowest BCUT2D eigenvalue weighted by molar-refractivity contribution is -0.121. The molecule has 24 heavy (non-hydrogen) atoms. The van der Waals surface area contributed by atoms with Gasteiger partial charge in [0.1, 0.15) is 10.7 Å². The lowest BCUT2D eigenvalue weighted by atomic mass is 9.87. The van der Waals surface area contributed by atoms with Crippen molar-refractivity contribution in [2.24, 2.45) is 5.92 Å². The van der Waals surface area contributed by atoms with Crippen molar-refractivity contribution < 1.29 is 18.0 Å². The lowest BCUT2D eigenvalue weighted by Crippen LogP contribution is -2.40. The number of hydrogen-bond acceptors (Lipinski definition) is 4. The van der Waals surface area contributed by atoms with Gasteiger partial charge in [0.2, 0.25) is 5.91 Å². The molecule has 7 heteroatoms. The third-order valence-corrected chi connectivity index (χ3v) is 5.14. The number of nitrogens with one attached hydrogen (secondary N) is 2. The van der Waals surface area contributed by atoms with E-state index in [4.69, 9.17) is 0 Å². The standard InChI is InChI=1S/C17H24N2O4S/c1-18-17(21)19-16(20)15(10-12-4-2-3-5-12)14-8-6-13(7-9-14)11-24(22)23/h6-9,12,15,24H,2-5,10-11H2,1H3,(H2,18,19,20,21). The molecule has 1 aliphatic rings. The van der Waals surface area contributed by atoms with Crippen LogP contribution in [0.3, 0.4) is 0 Å². The summed E-state index contributed by atoms with van der Waals surface area (Å²) >= 11 is 0. The van der Waals surface area contributed by atoms with Crippen LogP contribution in [0.25, 0.3) is 0 Å². The molecule has 3 amide bonds. The first-order chi connectivity index (χ1) is 11.5. The van der Waals surface area contributed by atoms with E-state index in [-0.39, 0.29) is 11.7 Å². The minimum Gasteiger partial charge on any atom is -0.341 e. The highest BCUT2D eigenvalue weighted by atomic mass is 32.2. The number of carbonyl (C=O) groups excluding carboxylic acids is 2. The third-order valence-electron chi connectivity index (χ3n) is 4.52. The molecule has 1 saturated carbocycles. The summed E-state index contributed by atoms with van der Waals surface area (Å²) in [6, 6.07) is 6.52. The molecule has 2 rings (SSSR count). The molecular formula is C17H24N2O4S. The Balaban J connectivity index is 2.16. The maximum Gasteiger partial charge on any atom is 0.321 e. The molecule has 1 fully saturated rings. The summed E-state index contributed by atoms with van der Waals surface area (Å²) in [5.74, 6) is -0.238. The van der Waals surface area contributed by atoms with Crippen LogP contribution in [0.1, 0.15) is 49.1 Å². The number of thiol groups is 1. The molecule has 1 unspecified atom stereocenters. The monoisotopic (exact) mass is 352 g/mol. The van der Waals surface area contributed by atoms with Crippen molar-refractivity contribution >= 4 is 22.6 Å². The summed E-state index contributed by atoms with van der Waals surface area (Å²) in [5, 5.41) is 4.75. The number of amides is 3. The van der Waals surface area contributed by atoms with Gasteiger partial charge in [-0.3, -0.25) is 10.1 Å². The highest BCUT2D eigenvalue weighted by molar-refractivity contribution is 7.71. The predicted molar refractivity (Wildman–Crippen MR) is 92.4 cm³/mol. The normalized spacial score (nSPS) is 16.1. The molecule has 0 aromatic heterocycles. The largest absolute Gasteiger partial charge is 0.341 e. The van der Waals surface area contributed by atoms with Crippen LogP contribution in [0.4, 0.5) is 4.79 Å². The van der Waals surface area contributed by atoms with Crippen molar-refractivity contribution in [2.45, 2.75) is 43.8 Å². The van der Waals surface area contributed by atoms with E-state index in [9.17, 15) is 18.0 Å². The number of rotatable bonds is 6. The summed E-state index contributed by atoms with van der Waals surface area (Å²) in [5.41, 5.74) is 1.51. The van der Waals surface area contributed by atoms with E-state index in [1.54, 1.807) is 24.3 Å². The van der Waals surface area contributed by atoms with Crippen LogP contribution >= 0.6 is 0 Å². The quantitative estimate of drug-likeness (QED) is 0.682. The zero-order valence-corrected chi connectivity index (χ0v) is 14.7. The average Bonchev–Trinajstić information content (AvgIpc) is 3.06. The highest BCUT2D eigenvalue weighted by Crippen LogP contribution is 2.34. The minimum absolute atomic E-state index is 0.00661. The molecule has 0 spiro atoms. The van der Waals surface area contributed by atoms with Crippen molar-refractivity contribution in [1.29, 1.82) is 0 Å². The lowest BCUT2D eigenvalue weighted by Gasteiger charge is -2.20. The second-order valence-electron chi connectivity index (χ2n) is 6.24. The molecule has 0 aliphatic heterocycles. The molecule has 0 bridgehead atoms. The van der Waals surface area contributed by atoms with Crippen LogP contribution in [0.15, 0.2) is 24.3 Å². The van der Waals surface area contributed by atoms with E-state index in [1.807, 2.05) is 0 Å². The van der Waals surface area contributed by atoms with Crippen molar-refractivity contribution in [3.05, 3.63) is 35.4 Å². The van der Waals surface area contributed by atoms with Crippen molar-refractivity contribution in [2.75, 3.05) is 7.05 Å². The van der Waals surface area contributed by atoms with Crippen LogP contribution in [0.2, 0.25) is 0 Å². The number of carbonyl (C=O) groups is 2. The van der Waals surface area contributed by atoms with Gasteiger partial charge in [0.25, 0.3) is 0 Å². The Bertz CT molecular complexity index is 641. The van der Waals surface area contributed by atoms with E-state index in [1.165, 1.54) is 19.9 Å². The summed E-state index contributed by atoms with van der Waals surface area (Å²) in [4.78, 5) is 24.0. The van der Waals surface area contributed by atoms with Gasteiger partial charge in [-0.05, 0) is 23.5 Å². The zero-order valence-electron chi connectivity index (χ0n) is 13.8. The van der Waals surface area contributed by atoms with E-state index in [0.29, 0.717) is 17.9 Å². The molecule has 1 aliphatic carbocycles. The Morgan fingerprint density at radius 2 is 1.79 bits per heavy atom. The van der Waals surface area contributed by atoms with Crippen LogP contribution in [-0.4, -0.2) is 27.4 Å². The van der Waals surface area contributed by atoms with Gasteiger partial charge >= 0.3 is 6.03 Å². The second-order valence-corrected chi connectivity index (χ2v) is 7.22. The van der Waals surface area contributed by atoms with Crippen molar-refractivity contribution in [1.82, 2.24) is 10.6 Å². The number of benzene rings is 1. The Morgan fingerprint density at radius 3 is 2.33 bits per heavy atom. The topological polar surface area (TPSA) is 92.3 Å². The number of urea groups is 1. The van der Waals surface area contributed by atoms with E-state index >= 15 is 0 Å². The summed E-state index contributed by atoms with van der Waals surface area (Å²) in [6.45, 7) is 0. The first-order valence-corrected chi connectivity index (χ1v) is 9.59. The van der Waals surface area contributed by atoms with Gasteiger partial charge in [0.15, 0.2) is 0 Å². The Morgan fingerprint density at radius 1 is 1.17 bits per heavy atom. The van der Waals surface area contributed by atoms with Crippen molar-refractivity contribution in [3.8, 4) is 0 Å². The molecule has 1 atom stereocenters. The Hall–Kier alpha value is -1.89. The molecule has 132 valence electrons. The molecule has 0 radical (unpaired) electrons. The summed E-state index contributed by atoms with van der Waals surface area (Å²) in [7, 11) is -1.01. The van der Waals surface area contributed by atoms with Crippen molar-refractivity contribution in [3.63, 3.8) is 0 Å². The highest BCUT2D eigenvalue weighted by Gasteiger charge is 2.27. The fourth-order valence-electron chi connectivity index (χ4n) is 3.24. The Labute approximate surface area is 144 Å². The van der Waals surface area contributed by atoms with E-state index in [2.05, 4.69) is 10.6 Å². The molecule has 2 N–H and O–H groups in total.